The van der Waals surface area contributed by atoms with Crippen LogP contribution < -0.4 is 0 Å². The third-order valence-corrected chi connectivity index (χ3v) is 6.65. The summed E-state index contributed by atoms with van der Waals surface area (Å²) in [7, 11) is 0. The molecule has 170 valence electrons. The zero-order chi connectivity index (χ0) is 20.5. The molecule has 0 fully saturated rings. The lowest BCUT2D eigenvalue weighted by Gasteiger charge is -2.17. The normalized spacial score (nSPS) is 11.6. The molecule has 0 aromatic carbocycles. The molecule has 0 nitrogen and oxygen atoms in total. The standard InChI is InChI=1S/C28H58/c1-4-7-10-12-14-16-18-20-23-26-28(25-22-9-6-3)27-24-21-19-17-15-13-11-8-5-2/h28H,4-27H2,1-3H3. The minimum Gasteiger partial charge on any atom is -0.0654 e. The van der Waals surface area contributed by atoms with E-state index in [1.807, 2.05) is 0 Å². The first kappa shape index (κ1) is 28.0. The fourth-order valence-electron chi connectivity index (χ4n) is 4.60. The molecule has 0 saturated carbocycles. The molecule has 0 atom stereocenters. The Labute approximate surface area is 181 Å². The third-order valence-electron chi connectivity index (χ3n) is 6.65. The Morgan fingerprint density at radius 3 is 0.821 bits per heavy atom. The summed E-state index contributed by atoms with van der Waals surface area (Å²) in [5.74, 6) is 1.04. The first-order valence-corrected chi connectivity index (χ1v) is 13.8. The second kappa shape index (κ2) is 25.0. The SMILES string of the molecule is CCCCCCCCCCCC(CCCCC)CCCCCCCCCCC. The first-order valence-electron chi connectivity index (χ1n) is 13.8. The van der Waals surface area contributed by atoms with Crippen LogP contribution in [0.1, 0.15) is 175 Å². The van der Waals surface area contributed by atoms with E-state index in [9.17, 15) is 0 Å². The Balaban J connectivity index is 3.62. The summed E-state index contributed by atoms with van der Waals surface area (Å²) < 4.78 is 0. The second-order valence-corrected chi connectivity index (χ2v) is 9.60. The molecule has 0 aliphatic carbocycles. The molecule has 0 aliphatic heterocycles. The summed E-state index contributed by atoms with van der Waals surface area (Å²) in [5, 5.41) is 0. The summed E-state index contributed by atoms with van der Waals surface area (Å²) >= 11 is 0. The van der Waals surface area contributed by atoms with Gasteiger partial charge in [0.05, 0.1) is 0 Å². The largest absolute Gasteiger partial charge is 0.0654 e. The fraction of sp³-hybridized carbons (Fsp3) is 1.00. The molecular weight excluding hydrogens is 336 g/mol. The quantitative estimate of drug-likeness (QED) is 0.143. The maximum atomic E-state index is 2.34. The molecule has 28 heavy (non-hydrogen) atoms. The average molecular weight is 395 g/mol. The van der Waals surface area contributed by atoms with Crippen LogP contribution in [-0.4, -0.2) is 0 Å². The molecule has 0 radical (unpaired) electrons. The van der Waals surface area contributed by atoms with Gasteiger partial charge in [0.1, 0.15) is 0 Å². The molecule has 0 rings (SSSR count). The smallest absolute Gasteiger partial charge is 0.0414 e. The molecule has 0 bridgehead atoms. The van der Waals surface area contributed by atoms with Crippen LogP contribution in [0.2, 0.25) is 0 Å². The van der Waals surface area contributed by atoms with Crippen molar-refractivity contribution in [1.29, 1.82) is 0 Å². The van der Waals surface area contributed by atoms with E-state index >= 15 is 0 Å². The van der Waals surface area contributed by atoms with Crippen LogP contribution in [0.25, 0.3) is 0 Å². The molecule has 0 aromatic rings. The Hall–Kier alpha value is 0. The van der Waals surface area contributed by atoms with E-state index in [4.69, 9.17) is 0 Å². The predicted molar refractivity (Wildman–Crippen MR) is 131 cm³/mol. The molecule has 0 saturated heterocycles. The van der Waals surface area contributed by atoms with Gasteiger partial charge < -0.3 is 0 Å². The topological polar surface area (TPSA) is 0 Å². The van der Waals surface area contributed by atoms with Gasteiger partial charge in [-0.2, -0.15) is 0 Å². The highest BCUT2D eigenvalue weighted by molar-refractivity contribution is 4.62. The zero-order valence-corrected chi connectivity index (χ0v) is 20.5. The van der Waals surface area contributed by atoms with Gasteiger partial charge in [0.15, 0.2) is 0 Å². The second-order valence-electron chi connectivity index (χ2n) is 9.60. The van der Waals surface area contributed by atoms with Crippen molar-refractivity contribution in [2.24, 2.45) is 5.92 Å². The monoisotopic (exact) mass is 394 g/mol. The van der Waals surface area contributed by atoms with Crippen molar-refractivity contribution in [3.05, 3.63) is 0 Å². The molecule has 0 unspecified atom stereocenters. The lowest BCUT2D eigenvalue weighted by molar-refractivity contribution is 0.367. The molecule has 0 spiro atoms. The predicted octanol–water partition coefficient (Wildman–Crippen LogP) is 11.0. The minimum atomic E-state index is 1.04. The summed E-state index contributed by atoms with van der Waals surface area (Å²) in [6.07, 6.45) is 35.3. The van der Waals surface area contributed by atoms with E-state index in [-0.39, 0.29) is 0 Å². The number of hydrogen-bond acceptors (Lipinski definition) is 0. The zero-order valence-electron chi connectivity index (χ0n) is 20.5. The van der Waals surface area contributed by atoms with Gasteiger partial charge >= 0.3 is 0 Å². The number of hydrogen-bond donors (Lipinski definition) is 0. The van der Waals surface area contributed by atoms with Crippen molar-refractivity contribution in [3.8, 4) is 0 Å². The molecule has 0 heteroatoms. The van der Waals surface area contributed by atoms with Gasteiger partial charge in [0.25, 0.3) is 0 Å². The van der Waals surface area contributed by atoms with Crippen molar-refractivity contribution < 1.29 is 0 Å². The van der Waals surface area contributed by atoms with Gasteiger partial charge in [-0.15, -0.1) is 0 Å². The fourth-order valence-corrected chi connectivity index (χ4v) is 4.60. The van der Waals surface area contributed by atoms with Crippen molar-refractivity contribution in [2.45, 2.75) is 175 Å². The van der Waals surface area contributed by atoms with E-state index in [1.54, 1.807) is 0 Å². The van der Waals surface area contributed by atoms with Gasteiger partial charge in [-0.3, -0.25) is 0 Å². The maximum Gasteiger partial charge on any atom is -0.0414 e. The van der Waals surface area contributed by atoms with Crippen LogP contribution >= 0.6 is 0 Å². The highest BCUT2D eigenvalue weighted by atomic mass is 14.1. The van der Waals surface area contributed by atoms with Gasteiger partial charge in [0, 0.05) is 0 Å². The molecule has 0 N–H and O–H groups in total. The molecule has 0 aromatic heterocycles. The molecular formula is C28H58. The van der Waals surface area contributed by atoms with Crippen LogP contribution in [0.3, 0.4) is 0 Å². The van der Waals surface area contributed by atoms with Gasteiger partial charge in [-0.05, 0) is 5.92 Å². The van der Waals surface area contributed by atoms with E-state index < -0.39 is 0 Å². The average Bonchev–Trinajstić information content (AvgIpc) is 2.71. The van der Waals surface area contributed by atoms with E-state index in [0.717, 1.165) is 5.92 Å². The lowest BCUT2D eigenvalue weighted by atomic mass is 9.89. The van der Waals surface area contributed by atoms with Gasteiger partial charge in [-0.1, -0.05) is 175 Å². The summed E-state index contributed by atoms with van der Waals surface area (Å²) in [5.41, 5.74) is 0. The molecule has 0 amide bonds. The highest BCUT2D eigenvalue weighted by Crippen LogP contribution is 2.24. The Kier molecular flexibility index (Phi) is 25.0. The van der Waals surface area contributed by atoms with Gasteiger partial charge in [-0.25, -0.2) is 0 Å². The Morgan fingerprint density at radius 1 is 0.286 bits per heavy atom. The van der Waals surface area contributed by atoms with Crippen LogP contribution in [0.5, 0.6) is 0 Å². The van der Waals surface area contributed by atoms with Crippen molar-refractivity contribution in [3.63, 3.8) is 0 Å². The Morgan fingerprint density at radius 2 is 0.500 bits per heavy atom. The van der Waals surface area contributed by atoms with Crippen LogP contribution in [0.4, 0.5) is 0 Å². The first-order chi connectivity index (χ1) is 13.8. The third kappa shape index (κ3) is 22.3. The minimum absolute atomic E-state index is 1.04. The van der Waals surface area contributed by atoms with Crippen molar-refractivity contribution in [1.82, 2.24) is 0 Å². The number of rotatable bonds is 24. The van der Waals surface area contributed by atoms with Gasteiger partial charge in [0.2, 0.25) is 0 Å². The lowest BCUT2D eigenvalue weighted by Crippen LogP contribution is -2.01. The van der Waals surface area contributed by atoms with Crippen LogP contribution in [-0.2, 0) is 0 Å². The number of unbranched alkanes of at least 4 members (excludes halogenated alkanes) is 18. The Bertz CT molecular complexity index is 235. The van der Waals surface area contributed by atoms with Crippen LogP contribution in [0, 0.1) is 5.92 Å². The van der Waals surface area contributed by atoms with E-state index in [2.05, 4.69) is 20.8 Å². The summed E-state index contributed by atoms with van der Waals surface area (Å²) in [6.45, 7) is 6.97. The van der Waals surface area contributed by atoms with Crippen molar-refractivity contribution >= 4 is 0 Å². The summed E-state index contributed by atoms with van der Waals surface area (Å²) in [6, 6.07) is 0. The molecule has 0 heterocycles. The summed E-state index contributed by atoms with van der Waals surface area (Å²) in [4.78, 5) is 0. The van der Waals surface area contributed by atoms with Crippen molar-refractivity contribution in [2.75, 3.05) is 0 Å². The van der Waals surface area contributed by atoms with Crippen LogP contribution in [0.15, 0.2) is 0 Å². The maximum absolute atomic E-state index is 2.34. The van der Waals surface area contributed by atoms with E-state index in [1.165, 1.54) is 154 Å². The van der Waals surface area contributed by atoms with E-state index in [0.29, 0.717) is 0 Å². The highest BCUT2D eigenvalue weighted by Gasteiger charge is 2.08. The molecule has 0 aliphatic rings.